The maximum atomic E-state index is 5.35. The molecule has 1 unspecified atom stereocenters. The minimum Gasteiger partial charge on any atom is -0.311 e. The van der Waals surface area contributed by atoms with E-state index in [-0.39, 0.29) is 0 Å². The summed E-state index contributed by atoms with van der Waals surface area (Å²) in [5, 5.41) is 3.78. The first-order valence-corrected chi connectivity index (χ1v) is 7.68. The van der Waals surface area contributed by atoms with Crippen LogP contribution in [0.5, 0.6) is 0 Å². The van der Waals surface area contributed by atoms with E-state index in [4.69, 9.17) is 6.42 Å². The molecule has 2 nitrogen and oxygen atoms in total. The highest BCUT2D eigenvalue weighted by molar-refractivity contribution is 4.90. The van der Waals surface area contributed by atoms with E-state index < -0.39 is 0 Å². The molecule has 1 aliphatic heterocycles. The van der Waals surface area contributed by atoms with Gasteiger partial charge in [-0.1, -0.05) is 38.5 Å². The number of nitrogens with one attached hydrogen (secondary N) is 1. The number of hydrogen-bond acceptors (Lipinski definition) is 2. The van der Waals surface area contributed by atoms with Gasteiger partial charge in [0.05, 0.1) is 6.54 Å². The molecule has 0 aliphatic carbocycles. The van der Waals surface area contributed by atoms with Crippen molar-refractivity contribution in [1.82, 2.24) is 10.2 Å². The standard InChI is InChI=1S/C16H30N2/c1-4-6-7-8-9-15(3)17-16-10-13-18(12-5-2)14-11-16/h2,15-17H,4,6-14H2,1,3H3. The summed E-state index contributed by atoms with van der Waals surface area (Å²) < 4.78 is 0. The molecule has 0 saturated carbocycles. The van der Waals surface area contributed by atoms with Crippen LogP contribution < -0.4 is 5.32 Å². The van der Waals surface area contributed by atoms with Gasteiger partial charge in [-0.15, -0.1) is 6.42 Å². The highest BCUT2D eigenvalue weighted by Crippen LogP contribution is 2.12. The van der Waals surface area contributed by atoms with E-state index in [1.54, 1.807) is 0 Å². The molecule has 1 fully saturated rings. The topological polar surface area (TPSA) is 15.3 Å². The van der Waals surface area contributed by atoms with Crippen molar-refractivity contribution in [1.29, 1.82) is 0 Å². The van der Waals surface area contributed by atoms with Crippen LogP contribution in [0.3, 0.4) is 0 Å². The average Bonchev–Trinajstić information content (AvgIpc) is 2.37. The van der Waals surface area contributed by atoms with Gasteiger partial charge in [-0.2, -0.15) is 0 Å². The zero-order chi connectivity index (χ0) is 13.2. The Bertz CT molecular complexity index is 236. The normalized spacial score (nSPS) is 19.6. The van der Waals surface area contributed by atoms with Crippen LogP contribution in [0.2, 0.25) is 0 Å². The summed E-state index contributed by atoms with van der Waals surface area (Å²) in [5.41, 5.74) is 0. The molecule has 1 rings (SSSR count). The molecule has 0 bridgehead atoms. The fourth-order valence-electron chi connectivity index (χ4n) is 2.75. The third kappa shape index (κ3) is 6.42. The molecule has 1 atom stereocenters. The number of piperidine rings is 1. The second-order valence-electron chi connectivity index (χ2n) is 5.67. The summed E-state index contributed by atoms with van der Waals surface area (Å²) in [7, 11) is 0. The first-order valence-electron chi connectivity index (χ1n) is 7.68. The maximum Gasteiger partial charge on any atom is 0.0598 e. The molecule has 18 heavy (non-hydrogen) atoms. The van der Waals surface area contributed by atoms with Crippen molar-refractivity contribution in [3.8, 4) is 12.3 Å². The lowest BCUT2D eigenvalue weighted by atomic mass is 10.0. The molecule has 1 aliphatic rings. The van der Waals surface area contributed by atoms with Crippen molar-refractivity contribution in [3.05, 3.63) is 0 Å². The SMILES string of the molecule is C#CCN1CCC(NC(C)CCCCCC)CC1. The summed E-state index contributed by atoms with van der Waals surface area (Å²) in [6.07, 6.45) is 14.7. The molecule has 1 N–H and O–H groups in total. The van der Waals surface area contributed by atoms with Crippen molar-refractivity contribution in [3.63, 3.8) is 0 Å². The molecular formula is C16H30N2. The molecule has 0 aromatic carbocycles. The molecule has 0 radical (unpaired) electrons. The van der Waals surface area contributed by atoms with Gasteiger partial charge in [0.25, 0.3) is 0 Å². The third-order valence-electron chi connectivity index (χ3n) is 3.91. The second kappa shape index (κ2) is 9.42. The number of unbranched alkanes of at least 4 members (excludes halogenated alkanes) is 3. The van der Waals surface area contributed by atoms with Crippen LogP contribution in [0.15, 0.2) is 0 Å². The number of nitrogens with zero attached hydrogens (tertiary/aromatic N) is 1. The quantitative estimate of drug-likeness (QED) is 0.526. The molecule has 1 heterocycles. The molecule has 0 amide bonds. The molecule has 0 aromatic rings. The predicted molar refractivity (Wildman–Crippen MR) is 79.7 cm³/mol. The highest BCUT2D eigenvalue weighted by atomic mass is 15.1. The maximum absolute atomic E-state index is 5.35. The smallest absolute Gasteiger partial charge is 0.0598 e. The monoisotopic (exact) mass is 250 g/mol. The van der Waals surface area contributed by atoms with E-state index in [1.165, 1.54) is 44.9 Å². The number of hydrogen-bond donors (Lipinski definition) is 1. The minimum atomic E-state index is 0.672. The van der Waals surface area contributed by atoms with Gasteiger partial charge in [0.2, 0.25) is 0 Å². The van der Waals surface area contributed by atoms with Crippen LogP contribution in [0, 0.1) is 12.3 Å². The van der Waals surface area contributed by atoms with E-state index in [1.807, 2.05) is 0 Å². The predicted octanol–water partition coefficient (Wildman–Crippen LogP) is 3.03. The van der Waals surface area contributed by atoms with Crippen LogP contribution in [-0.2, 0) is 0 Å². The Hall–Kier alpha value is -0.520. The fourth-order valence-corrected chi connectivity index (χ4v) is 2.75. The van der Waals surface area contributed by atoms with Crippen molar-refractivity contribution >= 4 is 0 Å². The Morgan fingerprint density at radius 3 is 2.61 bits per heavy atom. The number of rotatable bonds is 8. The van der Waals surface area contributed by atoms with E-state index in [2.05, 4.69) is 30.0 Å². The van der Waals surface area contributed by atoms with Gasteiger partial charge in [0.1, 0.15) is 0 Å². The summed E-state index contributed by atoms with van der Waals surface area (Å²) >= 11 is 0. The van der Waals surface area contributed by atoms with E-state index in [0.717, 1.165) is 19.6 Å². The third-order valence-corrected chi connectivity index (χ3v) is 3.91. The van der Waals surface area contributed by atoms with Gasteiger partial charge in [-0.25, -0.2) is 0 Å². The molecule has 104 valence electrons. The zero-order valence-corrected chi connectivity index (χ0v) is 12.3. The fraction of sp³-hybridized carbons (Fsp3) is 0.875. The van der Waals surface area contributed by atoms with Gasteiger partial charge in [-0.3, -0.25) is 4.90 Å². The summed E-state index contributed by atoms with van der Waals surface area (Å²) in [5.74, 6) is 2.74. The molecule has 1 saturated heterocycles. The van der Waals surface area contributed by atoms with Crippen molar-refractivity contribution in [2.24, 2.45) is 0 Å². The van der Waals surface area contributed by atoms with Crippen molar-refractivity contribution in [2.75, 3.05) is 19.6 Å². The van der Waals surface area contributed by atoms with E-state index in [9.17, 15) is 0 Å². The van der Waals surface area contributed by atoms with Gasteiger partial charge >= 0.3 is 0 Å². The summed E-state index contributed by atoms with van der Waals surface area (Å²) in [4.78, 5) is 2.38. The van der Waals surface area contributed by atoms with Gasteiger partial charge < -0.3 is 5.32 Å². The zero-order valence-electron chi connectivity index (χ0n) is 12.3. The van der Waals surface area contributed by atoms with E-state index in [0.29, 0.717) is 12.1 Å². The molecule has 0 aromatic heterocycles. The highest BCUT2D eigenvalue weighted by Gasteiger charge is 2.19. The minimum absolute atomic E-state index is 0.672. The van der Waals surface area contributed by atoms with Gasteiger partial charge in [-0.05, 0) is 26.2 Å². The van der Waals surface area contributed by atoms with Crippen molar-refractivity contribution < 1.29 is 0 Å². The largest absolute Gasteiger partial charge is 0.311 e. The Balaban J connectivity index is 2.07. The van der Waals surface area contributed by atoms with Crippen LogP contribution in [0.25, 0.3) is 0 Å². The van der Waals surface area contributed by atoms with Crippen molar-refractivity contribution in [2.45, 2.75) is 70.9 Å². The van der Waals surface area contributed by atoms with Gasteiger partial charge in [0.15, 0.2) is 0 Å². The molecule has 0 spiro atoms. The first kappa shape index (κ1) is 15.5. The average molecular weight is 250 g/mol. The number of likely N-dealkylation sites (tertiary alicyclic amines) is 1. The van der Waals surface area contributed by atoms with Crippen LogP contribution in [0.4, 0.5) is 0 Å². The Labute approximate surface area is 114 Å². The Morgan fingerprint density at radius 1 is 1.28 bits per heavy atom. The number of terminal acetylenes is 1. The van der Waals surface area contributed by atoms with E-state index >= 15 is 0 Å². The van der Waals surface area contributed by atoms with Crippen LogP contribution in [-0.4, -0.2) is 36.6 Å². The molecular weight excluding hydrogens is 220 g/mol. The van der Waals surface area contributed by atoms with Crippen LogP contribution in [0.1, 0.15) is 58.8 Å². The first-order chi connectivity index (χ1) is 8.76. The lowest BCUT2D eigenvalue weighted by Gasteiger charge is -2.33. The van der Waals surface area contributed by atoms with Gasteiger partial charge in [0, 0.05) is 25.2 Å². The lowest BCUT2D eigenvalue weighted by Crippen LogP contribution is -2.45. The van der Waals surface area contributed by atoms with Crippen LogP contribution >= 0.6 is 0 Å². The summed E-state index contributed by atoms with van der Waals surface area (Å²) in [6, 6.07) is 1.38. The Kier molecular flexibility index (Phi) is 8.13. The molecule has 2 heteroatoms. The lowest BCUT2D eigenvalue weighted by molar-refractivity contribution is 0.209. The second-order valence-corrected chi connectivity index (χ2v) is 5.67. The Morgan fingerprint density at radius 2 is 2.00 bits per heavy atom. The summed E-state index contributed by atoms with van der Waals surface area (Å²) in [6.45, 7) is 7.74.